The number of rotatable bonds is 6. The van der Waals surface area contributed by atoms with Gasteiger partial charge >= 0.3 is 5.97 Å². The SMILES string of the molecule is COCC(=O)[C@@]1(OC(C)=O)CCC2C3CCC4=CC(=O)C(c5ccc(N(C)C)cc5)CC4=C3CC[C@@]21C. The van der Waals surface area contributed by atoms with Crippen molar-refractivity contribution in [1.82, 2.24) is 0 Å². The first-order valence-electron chi connectivity index (χ1n) is 13.6. The summed E-state index contributed by atoms with van der Waals surface area (Å²) in [7, 11) is 5.55. The van der Waals surface area contributed by atoms with Gasteiger partial charge in [-0.05, 0) is 91.7 Å². The molecule has 5 atom stereocenters. The third-order valence-corrected chi connectivity index (χ3v) is 9.82. The summed E-state index contributed by atoms with van der Waals surface area (Å²) in [6.07, 6.45) is 7.59. The van der Waals surface area contributed by atoms with E-state index < -0.39 is 17.0 Å². The molecule has 0 spiro atoms. The van der Waals surface area contributed by atoms with Crippen LogP contribution in [0, 0.1) is 17.3 Å². The van der Waals surface area contributed by atoms with Crippen LogP contribution in [0.3, 0.4) is 0 Å². The van der Waals surface area contributed by atoms with Crippen molar-refractivity contribution in [2.24, 2.45) is 17.3 Å². The Kier molecular flexibility index (Phi) is 6.68. The number of Topliss-reactive ketones (excluding diaryl/α,β-unsaturated/α-hetero) is 1. The normalized spacial score (nSPS) is 32.7. The van der Waals surface area contributed by atoms with Crippen molar-refractivity contribution < 1.29 is 23.9 Å². The highest BCUT2D eigenvalue weighted by molar-refractivity contribution is 5.98. The van der Waals surface area contributed by atoms with E-state index in [9.17, 15) is 14.4 Å². The van der Waals surface area contributed by atoms with Gasteiger partial charge in [0.2, 0.25) is 5.78 Å². The highest BCUT2D eigenvalue weighted by Gasteiger charge is 2.66. The molecule has 4 aliphatic carbocycles. The summed E-state index contributed by atoms with van der Waals surface area (Å²) < 4.78 is 11.2. The Hall–Kier alpha value is -2.73. The van der Waals surface area contributed by atoms with Crippen LogP contribution in [0.15, 0.2) is 47.1 Å². The molecule has 4 aliphatic rings. The molecule has 0 aliphatic heterocycles. The zero-order valence-electron chi connectivity index (χ0n) is 22.8. The minimum Gasteiger partial charge on any atom is -0.451 e. The summed E-state index contributed by atoms with van der Waals surface area (Å²) >= 11 is 0. The molecule has 0 bridgehead atoms. The largest absolute Gasteiger partial charge is 0.451 e. The fourth-order valence-electron chi connectivity index (χ4n) is 8.00. The third-order valence-electron chi connectivity index (χ3n) is 9.82. The molecule has 5 rings (SSSR count). The molecule has 198 valence electrons. The van der Waals surface area contributed by atoms with Gasteiger partial charge in [0.25, 0.3) is 0 Å². The number of carbonyl (C=O) groups excluding carboxylic acids is 3. The Morgan fingerprint density at radius 1 is 1.08 bits per heavy atom. The van der Waals surface area contributed by atoms with E-state index in [1.807, 2.05) is 20.2 Å². The van der Waals surface area contributed by atoms with Crippen LogP contribution in [0.2, 0.25) is 0 Å². The van der Waals surface area contributed by atoms with Crippen LogP contribution in [-0.4, -0.2) is 50.9 Å². The molecule has 3 unspecified atom stereocenters. The van der Waals surface area contributed by atoms with Crippen LogP contribution in [-0.2, 0) is 23.9 Å². The number of carbonyl (C=O) groups is 3. The lowest BCUT2D eigenvalue weighted by molar-refractivity contribution is -0.184. The van der Waals surface area contributed by atoms with Crippen LogP contribution >= 0.6 is 0 Å². The summed E-state index contributed by atoms with van der Waals surface area (Å²) in [4.78, 5) is 40.8. The number of anilines is 1. The van der Waals surface area contributed by atoms with Gasteiger partial charge in [0.1, 0.15) is 6.61 Å². The topological polar surface area (TPSA) is 72.9 Å². The lowest BCUT2D eigenvalue weighted by Crippen LogP contribution is -2.57. The van der Waals surface area contributed by atoms with Crippen molar-refractivity contribution >= 4 is 23.2 Å². The molecule has 0 aromatic heterocycles. The number of allylic oxidation sites excluding steroid dienone is 4. The first-order valence-corrected chi connectivity index (χ1v) is 13.6. The molecule has 0 amide bonds. The van der Waals surface area contributed by atoms with E-state index in [-0.39, 0.29) is 30.0 Å². The first kappa shape index (κ1) is 25.9. The molecular weight excluding hydrogens is 466 g/mol. The van der Waals surface area contributed by atoms with Crippen molar-refractivity contribution in [2.45, 2.75) is 70.3 Å². The fourth-order valence-corrected chi connectivity index (χ4v) is 8.00. The number of fused-ring (bicyclic) bond motifs is 4. The molecule has 1 aromatic rings. The highest BCUT2D eigenvalue weighted by Crippen LogP contribution is 2.65. The minimum atomic E-state index is -1.12. The Balaban J connectivity index is 1.48. The second-order valence-electron chi connectivity index (χ2n) is 11.8. The molecule has 1 aromatic carbocycles. The quantitative estimate of drug-likeness (QED) is 0.497. The zero-order valence-corrected chi connectivity index (χ0v) is 22.8. The number of benzene rings is 1. The van der Waals surface area contributed by atoms with E-state index in [0.717, 1.165) is 49.8 Å². The van der Waals surface area contributed by atoms with E-state index in [1.165, 1.54) is 30.8 Å². The second-order valence-corrected chi connectivity index (χ2v) is 11.8. The van der Waals surface area contributed by atoms with E-state index in [1.54, 1.807) is 0 Å². The van der Waals surface area contributed by atoms with Crippen molar-refractivity contribution in [3.05, 3.63) is 52.6 Å². The van der Waals surface area contributed by atoms with Gasteiger partial charge < -0.3 is 14.4 Å². The number of ketones is 2. The minimum absolute atomic E-state index is 0.0442. The molecule has 0 N–H and O–H groups in total. The van der Waals surface area contributed by atoms with Gasteiger partial charge in [-0.1, -0.05) is 24.6 Å². The van der Waals surface area contributed by atoms with Gasteiger partial charge in [-0.25, -0.2) is 0 Å². The average molecular weight is 506 g/mol. The van der Waals surface area contributed by atoms with E-state index >= 15 is 0 Å². The number of ether oxygens (including phenoxy) is 2. The van der Waals surface area contributed by atoms with E-state index in [2.05, 4.69) is 36.1 Å². The molecule has 6 nitrogen and oxygen atoms in total. The number of hydrogen-bond acceptors (Lipinski definition) is 6. The fraction of sp³-hybridized carbons (Fsp3) is 0.581. The van der Waals surface area contributed by atoms with E-state index in [4.69, 9.17) is 9.47 Å². The molecule has 6 heteroatoms. The van der Waals surface area contributed by atoms with Gasteiger partial charge in [0.15, 0.2) is 11.4 Å². The Labute approximate surface area is 220 Å². The summed E-state index contributed by atoms with van der Waals surface area (Å²) in [6.45, 7) is 3.52. The smallest absolute Gasteiger partial charge is 0.303 e. The molecule has 2 fully saturated rings. The van der Waals surface area contributed by atoms with Crippen molar-refractivity contribution in [2.75, 3.05) is 32.7 Å². The summed E-state index contributed by atoms with van der Waals surface area (Å²) in [5, 5.41) is 0. The second kappa shape index (κ2) is 9.54. The van der Waals surface area contributed by atoms with Crippen LogP contribution in [0.25, 0.3) is 0 Å². The van der Waals surface area contributed by atoms with Crippen LogP contribution in [0.5, 0.6) is 0 Å². The van der Waals surface area contributed by atoms with Crippen LogP contribution in [0.1, 0.15) is 70.3 Å². The molecular formula is C31H39NO5. The predicted octanol–water partition coefficient (Wildman–Crippen LogP) is 5.17. The van der Waals surface area contributed by atoms with Crippen molar-refractivity contribution in [1.29, 1.82) is 0 Å². The highest BCUT2D eigenvalue weighted by atomic mass is 16.6. The van der Waals surface area contributed by atoms with Crippen molar-refractivity contribution in [3.8, 4) is 0 Å². The number of nitrogens with zero attached hydrogens (tertiary/aromatic N) is 1. The first-order chi connectivity index (χ1) is 17.6. The number of hydrogen-bond donors (Lipinski definition) is 0. The Morgan fingerprint density at radius 2 is 1.81 bits per heavy atom. The predicted molar refractivity (Wildman–Crippen MR) is 142 cm³/mol. The summed E-state index contributed by atoms with van der Waals surface area (Å²) in [6, 6.07) is 8.34. The molecule has 0 heterocycles. The van der Waals surface area contributed by atoms with Gasteiger partial charge in [-0.2, -0.15) is 0 Å². The van der Waals surface area contributed by atoms with Gasteiger partial charge in [-0.15, -0.1) is 0 Å². The Morgan fingerprint density at radius 3 is 2.46 bits per heavy atom. The van der Waals surface area contributed by atoms with Gasteiger partial charge in [0, 0.05) is 39.2 Å². The Bertz CT molecular complexity index is 1180. The molecule has 2 saturated carbocycles. The zero-order chi connectivity index (χ0) is 26.5. The number of esters is 1. The lowest BCUT2D eigenvalue weighted by atomic mass is 9.54. The molecule has 0 radical (unpaired) electrons. The maximum Gasteiger partial charge on any atom is 0.303 e. The maximum atomic E-state index is 13.4. The van der Waals surface area contributed by atoms with Crippen LogP contribution < -0.4 is 4.90 Å². The average Bonchev–Trinajstić information content (AvgIpc) is 3.16. The maximum absolute atomic E-state index is 13.4. The number of methoxy groups -OCH3 is 1. The lowest BCUT2D eigenvalue weighted by Gasteiger charge is -2.52. The standard InChI is InChI=1S/C31H39NO5/c1-19(33)37-31(29(35)18-36-5)15-13-27-24-11-8-21-16-28(34)26(20-6-9-22(10-7-20)32(3)4)17-25(21)23(24)12-14-30(27,31)2/h6-7,9-10,16,24,26-27H,8,11-15,17-18H2,1-5H3/t24?,26?,27?,30-,31-/m0/s1. The van der Waals surface area contributed by atoms with Gasteiger partial charge in [-0.3, -0.25) is 14.4 Å². The summed E-state index contributed by atoms with van der Waals surface area (Å²) in [5.74, 6) is 0.146. The monoisotopic (exact) mass is 505 g/mol. The summed E-state index contributed by atoms with van der Waals surface area (Å²) in [5.41, 5.74) is 4.70. The van der Waals surface area contributed by atoms with Crippen LogP contribution in [0.4, 0.5) is 5.69 Å². The molecule has 0 saturated heterocycles. The molecule has 37 heavy (non-hydrogen) atoms. The third kappa shape index (κ3) is 4.08. The van der Waals surface area contributed by atoms with Crippen molar-refractivity contribution in [3.63, 3.8) is 0 Å². The van der Waals surface area contributed by atoms with Gasteiger partial charge in [0.05, 0.1) is 5.92 Å². The van der Waals surface area contributed by atoms with E-state index in [0.29, 0.717) is 12.3 Å².